The maximum absolute atomic E-state index is 11.9. The van der Waals surface area contributed by atoms with Crippen LogP contribution in [0.2, 0.25) is 0 Å². The number of hydrogen-bond donors (Lipinski definition) is 1. The van der Waals surface area contributed by atoms with Crippen molar-refractivity contribution in [1.82, 2.24) is 0 Å². The first kappa shape index (κ1) is 16.4. The van der Waals surface area contributed by atoms with Gasteiger partial charge in [0.15, 0.2) is 6.61 Å². The molecule has 0 aromatic heterocycles. The van der Waals surface area contributed by atoms with Gasteiger partial charge >= 0.3 is 0 Å². The highest BCUT2D eigenvalue weighted by Gasteiger charge is 2.06. The van der Waals surface area contributed by atoms with Crippen LogP contribution in [-0.4, -0.2) is 19.1 Å². The Morgan fingerprint density at radius 1 is 1.09 bits per heavy atom. The van der Waals surface area contributed by atoms with Gasteiger partial charge in [-0.25, -0.2) is 0 Å². The highest BCUT2D eigenvalue weighted by Crippen LogP contribution is 2.20. The second-order valence-electron chi connectivity index (χ2n) is 4.70. The van der Waals surface area contributed by atoms with Crippen LogP contribution in [-0.2, 0) is 4.79 Å². The summed E-state index contributed by atoms with van der Waals surface area (Å²) in [5.74, 6) is 1.22. The molecule has 0 aliphatic carbocycles. The number of benzene rings is 2. The van der Waals surface area contributed by atoms with Crippen LogP contribution in [0.5, 0.6) is 11.5 Å². The van der Waals surface area contributed by atoms with Gasteiger partial charge < -0.3 is 14.8 Å². The zero-order valence-electron chi connectivity index (χ0n) is 12.6. The van der Waals surface area contributed by atoms with Crippen molar-refractivity contribution in [1.29, 1.82) is 0 Å². The van der Waals surface area contributed by atoms with Crippen molar-refractivity contribution >= 4 is 27.5 Å². The average molecular weight is 364 g/mol. The lowest BCUT2D eigenvalue weighted by Crippen LogP contribution is -2.20. The Bertz CT molecular complexity index is 641. The van der Waals surface area contributed by atoms with E-state index in [9.17, 15) is 4.79 Å². The van der Waals surface area contributed by atoms with E-state index in [1.54, 1.807) is 12.1 Å². The molecular formula is C17H18BrNO3. The van der Waals surface area contributed by atoms with Crippen LogP contribution in [0.1, 0.15) is 12.5 Å². The predicted octanol–water partition coefficient (Wildman–Crippen LogP) is 4.17. The van der Waals surface area contributed by atoms with Gasteiger partial charge in [0.1, 0.15) is 11.5 Å². The summed E-state index contributed by atoms with van der Waals surface area (Å²) in [5, 5.41) is 2.83. The molecule has 1 N–H and O–H groups in total. The van der Waals surface area contributed by atoms with Crippen LogP contribution in [0.25, 0.3) is 0 Å². The number of rotatable bonds is 6. The van der Waals surface area contributed by atoms with E-state index in [0.29, 0.717) is 12.4 Å². The largest absolute Gasteiger partial charge is 0.494 e. The molecule has 0 aliphatic heterocycles. The second-order valence-corrected chi connectivity index (χ2v) is 5.62. The number of hydrogen-bond acceptors (Lipinski definition) is 3. The number of amides is 1. The summed E-state index contributed by atoms with van der Waals surface area (Å²) < 4.78 is 11.8. The van der Waals surface area contributed by atoms with Gasteiger partial charge in [-0.3, -0.25) is 4.79 Å². The Hall–Kier alpha value is -2.01. The molecule has 0 aliphatic rings. The van der Waals surface area contributed by atoms with E-state index in [-0.39, 0.29) is 12.5 Å². The molecule has 0 saturated heterocycles. The Labute approximate surface area is 138 Å². The van der Waals surface area contributed by atoms with E-state index in [4.69, 9.17) is 9.47 Å². The molecule has 0 bridgehead atoms. The second kappa shape index (κ2) is 7.84. The number of halogens is 1. The van der Waals surface area contributed by atoms with Crippen LogP contribution in [0, 0.1) is 6.92 Å². The van der Waals surface area contributed by atoms with Crippen molar-refractivity contribution in [3.8, 4) is 11.5 Å². The molecular weight excluding hydrogens is 346 g/mol. The smallest absolute Gasteiger partial charge is 0.262 e. The molecule has 0 atom stereocenters. The fraction of sp³-hybridized carbons (Fsp3) is 0.235. The van der Waals surface area contributed by atoms with Crippen LogP contribution in [0.4, 0.5) is 5.69 Å². The third-order valence-corrected chi connectivity index (χ3v) is 3.46. The van der Waals surface area contributed by atoms with Crippen LogP contribution in [0.15, 0.2) is 46.9 Å². The van der Waals surface area contributed by atoms with Crippen LogP contribution >= 0.6 is 15.9 Å². The Balaban J connectivity index is 1.87. The molecule has 0 fully saturated rings. The van der Waals surface area contributed by atoms with E-state index < -0.39 is 0 Å². The van der Waals surface area contributed by atoms with Gasteiger partial charge in [0.05, 0.1) is 6.61 Å². The van der Waals surface area contributed by atoms with Gasteiger partial charge in [0, 0.05) is 10.2 Å². The molecule has 0 unspecified atom stereocenters. The summed E-state index contributed by atoms with van der Waals surface area (Å²) in [4.78, 5) is 11.9. The first-order valence-corrected chi connectivity index (χ1v) is 7.79. The summed E-state index contributed by atoms with van der Waals surface area (Å²) in [6.07, 6.45) is 0. The Morgan fingerprint density at radius 3 is 2.32 bits per heavy atom. The third kappa shape index (κ3) is 4.77. The van der Waals surface area contributed by atoms with Gasteiger partial charge in [-0.05, 0) is 61.9 Å². The van der Waals surface area contributed by atoms with Crippen LogP contribution in [0.3, 0.4) is 0 Å². The maximum Gasteiger partial charge on any atom is 0.262 e. The molecule has 1 amide bonds. The zero-order valence-corrected chi connectivity index (χ0v) is 14.1. The lowest BCUT2D eigenvalue weighted by molar-refractivity contribution is -0.118. The predicted molar refractivity (Wildman–Crippen MR) is 90.6 cm³/mol. The van der Waals surface area contributed by atoms with Crippen molar-refractivity contribution in [2.24, 2.45) is 0 Å². The van der Waals surface area contributed by atoms with Gasteiger partial charge in [0.2, 0.25) is 0 Å². The topological polar surface area (TPSA) is 47.6 Å². The lowest BCUT2D eigenvalue weighted by atomic mass is 10.2. The van der Waals surface area contributed by atoms with Crippen LogP contribution < -0.4 is 14.8 Å². The summed E-state index contributed by atoms with van der Waals surface area (Å²) >= 11 is 3.39. The number of ether oxygens (including phenoxy) is 2. The van der Waals surface area contributed by atoms with Crippen molar-refractivity contribution in [3.63, 3.8) is 0 Å². The molecule has 22 heavy (non-hydrogen) atoms. The first-order chi connectivity index (χ1) is 10.6. The van der Waals surface area contributed by atoms with Gasteiger partial charge in [-0.1, -0.05) is 15.9 Å². The monoisotopic (exact) mass is 363 g/mol. The average Bonchev–Trinajstić information content (AvgIpc) is 2.50. The van der Waals surface area contributed by atoms with E-state index in [2.05, 4.69) is 21.2 Å². The number of carbonyl (C=O) groups excluding carboxylic acids is 1. The quantitative estimate of drug-likeness (QED) is 0.837. The van der Waals surface area contributed by atoms with Crippen molar-refractivity contribution < 1.29 is 14.3 Å². The standard InChI is InChI=1S/C17H18BrNO3/c1-3-21-14-5-7-15(8-6-14)22-11-17(20)19-16-9-4-13(18)10-12(16)2/h4-10H,3,11H2,1-2H3,(H,19,20). The summed E-state index contributed by atoms with van der Waals surface area (Å²) in [5.41, 5.74) is 1.77. The van der Waals surface area contributed by atoms with E-state index in [1.165, 1.54) is 0 Å². The summed E-state index contributed by atoms with van der Waals surface area (Å²) in [7, 11) is 0. The third-order valence-electron chi connectivity index (χ3n) is 2.97. The number of nitrogens with one attached hydrogen (secondary N) is 1. The number of aryl methyl sites for hydroxylation is 1. The fourth-order valence-corrected chi connectivity index (χ4v) is 2.38. The molecule has 4 nitrogen and oxygen atoms in total. The van der Waals surface area contributed by atoms with Gasteiger partial charge in [-0.2, -0.15) is 0 Å². The normalized spacial score (nSPS) is 10.1. The first-order valence-electron chi connectivity index (χ1n) is 7.00. The number of anilines is 1. The lowest BCUT2D eigenvalue weighted by Gasteiger charge is -2.10. The molecule has 2 rings (SSSR count). The van der Waals surface area contributed by atoms with Gasteiger partial charge in [0.25, 0.3) is 5.91 Å². The molecule has 0 heterocycles. The van der Waals surface area contributed by atoms with Crippen molar-refractivity contribution in [2.45, 2.75) is 13.8 Å². The summed E-state index contributed by atoms with van der Waals surface area (Å²) in [6, 6.07) is 12.9. The zero-order chi connectivity index (χ0) is 15.9. The molecule has 116 valence electrons. The molecule has 0 saturated carbocycles. The molecule has 2 aromatic rings. The fourth-order valence-electron chi connectivity index (χ4n) is 1.90. The highest BCUT2D eigenvalue weighted by molar-refractivity contribution is 9.10. The van der Waals surface area contributed by atoms with E-state index >= 15 is 0 Å². The van der Waals surface area contributed by atoms with Gasteiger partial charge in [-0.15, -0.1) is 0 Å². The minimum atomic E-state index is -0.195. The molecule has 0 radical (unpaired) electrons. The minimum Gasteiger partial charge on any atom is -0.494 e. The number of carbonyl (C=O) groups is 1. The minimum absolute atomic E-state index is 0.0382. The maximum atomic E-state index is 11.9. The van der Waals surface area contributed by atoms with E-state index in [0.717, 1.165) is 21.5 Å². The summed E-state index contributed by atoms with van der Waals surface area (Å²) in [6.45, 7) is 4.45. The van der Waals surface area contributed by atoms with E-state index in [1.807, 2.05) is 44.2 Å². The SMILES string of the molecule is CCOc1ccc(OCC(=O)Nc2ccc(Br)cc2C)cc1. The van der Waals surface area contributed by atoms with Crippen molar-refractivity contribution in [2.75, 3.05) is 18.5 Å². The molecule has 5 heteroatoms. The highest BCUT2D eigenvalue weighted by atomic mass is 79.9. The molecule has 0 spiro atoms. The Morgan fingerprint density at radius 2 is 1.73 bits per heavy atom. The Kier molecular flexibility index (Phi) is 5.83. The van der Waals surface area contributed by atoms with Crippen molar-refractivity contribution in [3.05, 3.63) is 52.5 Å². The molecule has 2 aromatic carbocycles.